The van der Waals surface area contributed by atoms with E-state index in [-0.39, 0.29) is 11.8 Å². The summed E-state index contributed by atoms with van der Waals surface area (Å²) < 4.78 is 11.9. The van der Waals surface area contributed by atoms with Crippen LogP contribution in [0.2, 0.25) is 0 Å². The molecule has 0 saturated heterocycles. The van der Waals surface area contributed by atoms with Gasteiger partial charge in [0.1, 0.15) is 18.1 Å². The Morgan fingerprint density at radius 2 is 1.79 bits per heavy atom. The van der Waals surface area contributed by atoms with E-state index in [1.54, 1.807) is 24.3 Å². The first-order valence-electron chi connectivity index (χ1n) is 8.92. The highest BCUT2D eigenvalue weighted by Crippen LogP contribution is 2.31. The molecular formula is C23H19NO4. The Labute approximate surface area is 162 Å². The van der Waals surface area contributed by atoms with Crippen LogP contribution >= 0.6 is 0 Å². The van der Waals surface area contributed by atoms with Crippen LogP contribution in [-0.4, -0.2) is 11.1 Å². The van der Waals surface area contributed by atoms with E-state index in [2.05, 4.69) is 5.32 Å². The maximum absolute atomic E-state index is 11.0. The summed E-state index contributed by atoms with van der Waals surface area (Å²) in [7, 11) is 0. The Morgan fingerprint density at radius 1 is 1.00 bits per heavy atom. The van der Waals surface area contributed by atoms with Gasteiger partial charge in [-0.15, -0.1) is 0 Å². The van der Waals surface area contributed by atoms with Gasteiger partial charge in [-0.05, 0) is 29.8 Å². The normalized spacial score (nSPS) is 15.3. The number of nitrogens with one attached hydrogen (secondary N) is 1. The van der Waals surface area contributed by atoms with E-state index < -0.39 is 5.97 Å². The molecule has 3 aromatic carbocycles. The van der Waals surface area contributed by atoms with E-state index in [1.165, 1.54) is 0 Å². The van der Waals surface area contributed by atoms with Crippen molar-refractivity contribution in [3.05, 3.63) is 107 Å². The Balaban J connectivity index is 1.41. The van der Waals surface area contributed by atoms with Crippen LogP contribution in [0.4, 0.5) is 0 Å². The van der Waals surface area contributed by atoms with Crippen molar-refractivity contribution >= 4 is 11.7 Å². The molecule has 0 saturated carbocycles. The largest absolute Gasteiger partial charge is 0.489 e. The minimum atomic E-state index is -0.946. The van der Waals surface area contributed by atoms with Gasteiger partial charge in [-0.25, -0.2) is 4.79 Å². The Morgan fingerprint density at radius 3 is 2.54 bits per heavy atom. The predicted octanol–water partition coefficient (Wildman–Crippen LogP) is 4.58. The first kappa shape index (κ1) is 17.7. The third-order valence-corrected chi connectivity index (χ3v) is 4.44. The van der Waals surface area contributed by atoms with Crippen molar-refractivity contribution in [2.24, 2.45) is 0 Å². The standard InChI is InChI=1S/C23H19NO4/c25-23(26)18-11-9-17(10-12-18)22-24-14-21(28-22)19-7-4-8-20(13-19)27-15-16-5-2-1-3-6-16/h1-14,22,24H,15H2,(H,25,26). The zero-order chi connectivity index (χ0) is 19.3. The van der Waals surface area contributed by atoms with Crippen molar-refractivity contribution < 1.29 is 19.4 Å². The van der Waals surface area contributed by atoms with Crippen molar-refractivity contribution in [2.45, 2.75) is 12.8 Å². The van der Waals surface area contributed by atoms with E-state index >= 15 is 0 Å². The average molecular weight is 373 g/mol. The fourth-order valence-corrected chi connectivity index (χ4v) is 2.94. The van der Waals surface area contributed by atoms with Crippen molar-refractivity contribution in [3.63, 3.8) is 0 Å². The van der Waals surface area contributed by atoms with Gasteiger partial charge in [0.05, 0.1) is 5.56 Å². The molecule has 0 amide bonds. The molecular weight excluding hydrogens is 354 g/mol. The Kier molecular flexibility index (Phi) is 4.97. The second-order valence-electron chi connectivity index (χ2n) is 6.40. The molecule has 1 aliphatic heterocycles. The fourth-order valence-electron chi connectivity index (χ4n) is 2.94. The molecule has 4 rings (SSSR count). The number of hydrogen-bond donors (Lipinski definition) is 2. The van der Waals surface area contributed by atoms with Crippen LogP contribution in [0.5, 0.6) is 5.75 Å². The summed E-state index contributed by atoms with van der Waals surface area (Å²) in [6.07, 6.45) is 1.46. The van der Waals surface area contributed by atoms with Gasteiger partial charge in [-0.1, -0.05) is 54.6 Å². The van der Waals surface area contributed by atoms with E-state index in [9.17, 15) is 4.79 Å². The molecule has 0 spiro atoms. The molecule has 0 aromatic heterocycles. The van der Waals surface area contributed by atoms with Crippen molar-refractivity contribution in [2.75, 3.05) is 0 Å². The lowest BCUT2D eigenvalue weighted by Gasteiger charge is -2.14. The average Bonchev–Trinajstić information content (AvgIpc) is 3.24. The van der Waals surface area contributed by atoms with Gasteiger partial charge in [0.15, 0.2) is 6.23 Å². The molecule has 2 N–H and O–H groups in total. The number of aromatic carboxylic acids is 1. The zero-order valence-corrected chi connectivity index (χ0v) is 15.0. The van der Waals surface area contributed by atoms with Crippen LogP contribution in [0.3, 0.4) is 0 Å². The summed E-state index contributed by atoms with van der Waals surface area (Å²) in [5.74, 6) is 0.524. The van der Waals surface area contributed by atoms with E-state index in [0.717, 1.165) is 22.4 Å². The van der Waals surface area contributed by atoms with Crippen LogP contribution in [0.25, 0.3) is 5.76 Å². The van der Waals surface area contributed by atoms with Gasteiger partial charge in [0, 0.05) is 17.3 Å². The minimum Gasteiger partial charge on any atom is -0.489 e. The third kappa shape index (κ3) is 3.99. The molecule has 140 valence electrons. The van der Waals surface area contributed by atoms with E-state index in [4.69, 9.17) is 14.6 Å². The molecule has 0 aliphatic carbocycles. The third-order valence-electron chi connectivity index (χ3n) is 4.44. The highest BCUT2D eigenvalue weighted by molar-refractivity contribution is 5.87. The smallest absolute Gasteiger partial charge is 0.335 e. The Hall–Kier alpha value is -3.73. The molecule has 5 heteroatoms. The second kappa shape index (κ2) is 7.88. The molecule has 0 fully saturated rings. The maximum atomic E-state index is 11.0. The summed E-state index contributed by atoms with van der Waals surface area (Å²) in [5, 5.41) is 12.2. The molecule has 0 radical (unpaired) electrons. The molecule has 28 heavy (non-hydrogen) atoms. The molecule has 5 nitrogen and oxygen atoms in total. The summed E-state index contributed by atoms with van der Waals surface area (Å²) in [4.78, 5) is 11.0. The summed E-state index contributed by atoms with van der Waals surface area (Å²) in [5.41, 5.74) is 3.12. The SMILES string of the molecule is O=C(O)c1ccc(C2NC=C(c3cccc(OCc4ccccc4)c3)O2)cc1. The molecule has 1 atom stereocenters. The number of carboxylic acid groups (broad SMARTS) is 1. The van der Waals surface area contributed by atoms with E-state index in [1.807, 2.05) is 60.8 Å². The first-order valence-corrected chi connectivity index (χ1v) is 8.92. The lowest BCUT2D eigenvalue weighted by Crippen LogP contribution is -2.11. The van der Waals surface area contributed by atoms with Gasteiger partial charge in [0.25, 0.3) is 0 Å². The van der Waals surface area contributed by atoms with E-state index in [0.29, 0.717) is 12.4 Å². The van der Waals surface area contributed by atoms with Gasteiger partial charge < -0.3 is 19.9 Å². The van der Waals surface area contributed by atoms with Crippen LogP contribution in [0.15, 0.2) is 85.1 Å². The molecule has 1 heterocycles. The maximum Gasteiger partial charge on any atom is 0.335 e. The van der Waals surface area contributed by atoms with Crippen LogP contribution < -0.4 is 10.1 Å². The van der Waals surface area contributed by atoms with Gasteiger partial charge in [-0.2, -0.15) is 0 Å². The number of carboxylic acids is 1. The zero-order valence-electron chi connectivity index (χ0n) is 15.0. The molecule has 1 unspecified atom stereocenters. The number of benzene rings is 3. The van der Waals surface area contributed by atoms with Crippen molar-refractivity contribution in [1.82, 2.24) is 5.32 Å². The van der Waals surface area contributed by atoms with Gasteiger partial charge >= 0.3 is 5.97 Å². The number of rotatable bonds is 6. The highest BCUT2D eigenvalue weighted by Gasteiger charge is 2.21. The topological polar surface area (TPSA) is 67.8 Å². The lowest BCUT2D eigenvalue weighted by molar-refractivity contribution is 0.0696. The molecule has 1 aliphatic rings. The summed E-state index contributed by atoms with van der Waals surface area (Å²) >= 11 is 0. The lowest BCUT2D eigenvalue weighted by atomic mass is 10.1. The quantitative estimate of drug-likeness (QED) is 0.662. The number of ether oxygens (including phenoxy) is 2. The predicted molar refractivity (Wildman–Crippen MR) is 106 cm³/mol. The monoisotopic (exact) mass is 373 g/mol. The van der Waals surface area contributed by atoms with Crippen LogP contribution in [0, 0.1) is 0 Å². The van der Waals surface area contributed by atoms with Crippen LogP contribution in [0.1, 0.15) is 33.3 Å². The minimum absolute atomic E-state index is 0.248. The Bertz CT molecular complexity index is 997. The highest BCUT2D eigenvalue weighted by atomic mass is 16.5. The number of hydrogen-bond acceptors (Lipinski definition) is 4. The summed E-state index contributed by atoms with van der Waals surface area (Å²) in [6.45, 7) is 0.501. The molecule has 0 bridgehead atoms. The first-order chi connectivity index (χ1) is 13.7. The number of carbonyl (C=O) groups is 1. The second-order valence-corrected chi connectivity index (χ2v) is 6.40. The fraction of sp³-hybridized carbons (Fsp3) is 0.0870. The van der Waals surface area contributed by atoms with Gasteiger partial charge in [-0.3, -0.25) is 0 Å². The van der Waals surface area contributed by atoms with Gasteiger partial charge in [0.2, 0.25) is 0 Å². The molecule has 3 aromatic rings. The van der Waals surface area contributed by atoms with Crippen molar-refractivity contribution in [1.29, 1.82) is 0 Å². The van der Waals surface area contributed by atoms with Crippen molar-refractivity contribution in [3.8, 4) is 5.75 Å². The van der Waals surface area contributed by atoms with Crippen LogP contribution in [-0.2, 0) is 11.3 Å². The summed E-state index contributed by atoms with van der Waals surface area (Å²) in [6, 6.07) is 24.4.